The summed E-state index contributed by atoms with van der Waals surface area (Å²) in [7, 11) is -1.18. The number of nitrogens with zero attached hydrogens (tertiary/aromatic N) is 3. The van der Waals surface area contributed by atoms with Crippen molar-refractivity contribution in [2.75, 3.05) is 16.9 Å². The summed E-state index contributed by atoms with van der Waals surface area (Å²) in [5.41, 5.74) is -0.162. The lowest BCUT2D eigenvalue weighted by molar-refractivity contribution is -0.141. The first-order valence-electron chi connectivity index (χ1n) is 9.01. The van der Waals surface area contributed by atoms with Crippen molar-refractivity contribution < 1.29 is 17.4 Å². The molecule has 1 unspecified atom stereocenters. The van der Waals surface area contributed by atoms with Crippen LogP contribution in [0.4, 0.5) is 30.5 Å². The maximum Gasteiger partial charge on any atom is 0.433 e. The summed E-state index contributed by atoms with van der Waals surface area (Å²) in [5.74, 6) is 1.16. The molecule has 0 aliphatic carbocycles. The van der Waals surface area contributed by atoms with Gasteiger partial charge in [0.25, 0.3) is 0 Å². The molecule has 0 aliphatic rings. The third-order valence-electron chi connectivity index (χ3n) is 3.91. The van der Waals surface area contributed by atoms with Gasteiger partial charge >= 0.3 is 6.18 Å². The van der Waals surface area contributed by atoms with Crippen molar-refractivity contribution in [3.05, 3.63) is 54.4 Å². The molecule has 0 spiro atoms. The van der Waals surface area contributed by atoms with Crippen LogP contribution in [0.3, 0.4) is 0 Å². The molecule has 2 N–H and O–H groups in total. The average Bonchev–Trinajstić information content (AvgIpc) is 2.67. The molecule has 0 saturated carbocycles. The summed E-state index contributed by atoms with van der Waals surface area (Å²) in [6, 6.07) is 11.0. The fraction of sp³-hybridized carbons (Fsp3) is 0.250. The van der Waals surface area contributed by atoms with Crippen LogP contribution in [0.15, 0.2) is 53.6 Å². The fourth-order valence-corrected chi connectivity index (χ4v) is 3.20. The van der Waals surface area contributed by atoms with Crippen molar-refractivity contribution >= 4 is 28.1 Å². The van der Waals surface area contributed by atoms with E-state index in [9.17, 15) is 17.4 Å². The summed E-state index contributed by atoms with van der Waals surface area (Å²) in [6.45, 7) is 3.88. The first-order valence-corrected chi connectivity index (χ1v) is 10.6. The van der Waals surface area contributed by atoms with Crippen LogP contribution in [0.5, 0.6) is 0 Å². The summed E-state index contributed by atoms with van der Waals surface area (Å²) in [4.78, 5) is 12.9. The van der Waals surface area contributed by atoms with Crippen molar-refractivity contribution in [3.8, 4) is 11.4 Å². The number of aromatic nitrogens is 3. The van der Waals surface area contributed by atoms with Gasteiger partial charge in [-0.15, -0.1) is 0 Å². The van der Waals surface area contributed by atoms with Crippen LogP contribution in [0.2, 0.25) is 0 Å². The zero-order valence-corrected chi connectivity index (χ0v) is 17.3. The number of hydrogen-bond acceptors (Lipinski definition) is 6. The predicted molar refractivity (Wildman–Crippen MR) is 111 cm³/mol. The Morgan fingerprint density at radius 1 is 1.03 bits per heavy atom. The van der Waals surface area contributed by atoms with Gasteiger partial charge in [-0.3, -0.25) is 9.19 Å². The van der Waals surface area contributed by atoms with E-state index in [2.05, 4.69) is 25.6 Å². The fourth-order valence-electron chi connectivity index (χ4n) is 2.64. The van der Waals surface area contributed by atoms with Gasteiger partial charge in [0.05, 0.1) is 0 Å². The van der Waals surface area contributed by atoms with Crippen molar-refractivity contribution in [1.29, 1.82) is 0 Å². The molecule has 30 heavy (non-hydrogen) atoms. The molecule has 2 aromatic heterocycles. The molecule has 0 radical (unpaired) electrons. The molecule has 0 aliphatic heterocycles. The Morgan fingerprint density at radius 2 is 1.77 bits per heavy atom. The van der Waals surface area contributed by atoms with E-state index in [0.29, 0.717) is 27.9 Å². The Labute approximate surface area is 174 Å². The molecule has 1 aromatic carbocycles. The van der Waals surface area contributed by atoms with Crippen LogP contribution < -0.4 is 10.6 Å². The number of nitrogens with one attached hydrogen (secondary N) is 2. The molecule has 0 fully saturated rings. The lowest BCUT2D eigenvalue weighted by atomic mass is 10.2. The lowest BCUT2D eigenvalue weighted by Gasteiger charge is -2.14. The van der Waals surface area contributed by atoms with Crippen LogP contribution in [0.1, 0.15) is 19.5 Å². The van der Waals surface area contributed by atoms with Crippen LogP contribution in [0, 0.1) is 0 Å². The van der Waals surface area contributed by atoms with E-state index in [1.807, 2.05) is 13.8 Å². The van der Waals surface area contributed by atoms with Gasteiger partial charge in [0, 0.05) is 51.5 Å². The van der Waals surface area contributed by atoms with Gasteiger partial charge in [-0.25, -0.2) is 9.97 Å². The third-order valence-corrected chi connectivity index (χ3v) is 4.83. The zero-order chi connectivity index (χ0) is 21.9. The van der Waals surface area contributed by atoms with Gasteiger partial charge in [-0.2, -0.15) is 13.2 Å². The minimum absolute atomic E-state index is 0.0767. The maximum absolute atomic E-state index is 13.0. The monoisotopic (exact) mass is 435 g/mol. The van der Waals surface area contributed by atoms with E-state index < -0.39 is 22.7 Å². The Kier molecular flexibility index (Phi) is 6.35. The summed E-state index contributed by atoms with van der Waals surface area (Å²) in [6.07, 6.45) is -1.89. The molecule has 10 heteroatoms. The van der Waals surface area contributed by atoms with Crippen LogP contribution in [-0.4, -0.2) is 31.5 Å². The SMILES string of the molecule is CC(C)Nc1cc(Nc2ccnc(C(F)(F)F)c2)nc(-c2cccc(S(C)=O)c2)n1. The van der Waals surface area contributed by atoms with Gasteiger partial charge in [-0.05, 0) is 38.1 Å². The minimum Gasteiger partial charge on any atom is -0.368 e. The molecule has 3 rings (SSSR count). The minimum atomic E-state index is -4.55. The van der Waals surface area contributed by atoms with E-state index in [1.54, 1.807) is 36.6 Å². The number of anilines is 3. The molecule has 158 valence electrons. The highest BCUT2D eigenvalue weighted by molar-refractivity contribution is 7.84. The highest BCUT2D eigenvalue weighted by Gasteiger charge is 2.32. The normalized spacial score (nSPS) is 12.6. The molecule has 0 bridgehead atoms. The molecule has 0 amide bonds. The van der Waals surface area contributed by atoms with E-state index >= 15 is 0 Å². The van der Waals surface area contributed by atoms with Gasteiger partial charge in [0.2, 0.25) is 0 Å². The second-order valence-corrected chi connectivity index (χ2v) is 8.18. The molecule has 1 atom stereocenters. The Hall–Kier alpha value is -3.01. The number of hydrogen-bond donors (Lipinski definition) is 2. The lowest BCUT2D eigenvalue weighted by Crippen LogP contribution is -2.12. The molecule has 2 heterocycles. The molecular weight excluding hydrogens is 415 g/mol. The topological polar surface area (TPSA) is 79.8 Å². The van der Waals surface area contributed by atoms with Crippen molar-refractivity contribution in [3.63, 3.8) is 0 Å². The van der Waals surface area contributed by atoms with Gasteiger partial charge in [0.1, 0.15) is 17.3 Å². The number of halogens is 3. The second kappa shape index (κ2) is 8.78. The highest BCUT2D eigenvalue weighted by Crippen LogP contribution is 2.30. The number of pyridine rings is 1. The van der Waals surface area contributed by atoms with Gasteiger partial charge in [0.15, 0.2) is 5.82 Å². The molecule has 3 aromatic rings. The van der Waals surface area contributed by atoms with E-state index in [-0.39, 0.29) is 11.7 Å². The quantitative estimate of drug-likeness (QED) is 0.576. The smallest absolute Gasteiger partial charge is 0.368 e. The number of alkyl halides is 3. The predicted octanol–water partition coefficient (Wildman–Crippen LogP) is 4.86. The number of rotatable bonds is 6. The van der Waals surface area contributed by atoms with Gasteiger partial charge < -0.3 is 10.6 Å². The largest absolute Gasteiger partial charge is 0.433 e. The highest BCUT2D eigenvalue weighted by atomic mass is 32.2. The van der Waals surface area contributed by atoms with Crippen LogP contribution in [0.25, 0.3) is 11.4 Å². The summed E-state index contributed by atoms with van der Waals surface area (Å²) < 4.78 is 50.7. The third kappa shape index (κ3) is 5.53. The zero-order valence-electron chi connectivity index (χ0n) is 16.5. The first-order chi connectivity index (χ1) is 14.1. The van der Waals surface area contributed by atoms with Crippen molar-refractivity contribution in [1.82, 2.24) is 15.0 Å². The van der Waals surface area contributed by atoms with E-state index in [4.69, 9.17) is 0 Å². The van der Waals surface area contributed by atoms with Crippen LogP contribution >= 0.6 is 0 Å². The Morgan fingerprint density at radius 3 is 2.43 bits per heavy atom. The molecule has 0 saturated heterocycles. The summed E-state index contributed by atoms with van der Waals surface area (Å²) >= 11 is 0. The second-order valence-electron chi connectivity index (χ2n) is 6.80. The van der Waals surface area contributed by atoms with Gasteiger partial charge in [-0.1, -0.05) is 12.1 Å². The average molecular weight is 435 g/mol. The van der Waals surface area contributed by atoms with E-state index in [0.717, 1.165) is 12.3 Å². The van der Waals surface area contributed by atoms with Crippen LogP contribution in [-0.2, 0) is 17.0 Å². The summed E-state index contributed by atoms with van der Waals surface area (Å²) in [5, 5.41) is 6.06. The van der Waals surface area contributed by atoms with Crippen molar-refractivity contribution in [2.45, 2.75) is 31.0 Å². The van der Waals surface area contributed by atoms with Crippen molar-refractivity contribution in [2.24, 2.45) is 0 Å². The maximum atomic E-state index is 13.0. The standard InChI is InChI=1S/C20H20F3N5OS/c1-12(2)25-17-11-18(26-14-7-8-24-16(10-14)20(21,22)23)28-19(27-17)13-5-4-6-15(9-13)30(3)29/h4-12H,1-3H3,(H2,24,25,26,27,28). The molecular formula is C20H20F3N5OS. The van der Waals surface area contributed by atoms with E-state index in [1.165, 1.54) is 6.07 Å². The number of benzene rings is 1. The molecule has 6 nitrogen and oxygen atoms in total. The Bertz CT molecular complexity index is 1070. The Balaban J connectivity index is 2.02. The first kappa shape index (κ1) is 21.7.